The van der Waals surface area contributed by atoms with E-state index < -0.39 is 0 Å². The molecular weight excluding hydrogens is 208 g/mol. The van der Waals surface area contributed by atoms with Gasteiger partial charge < -0.3 is 5.32 Å². The molecule has 1 aromatic rings. The Labute approximate surface area is 104 Å². The summed E-state index contributed by atoms with van der Waals surface area (Å²) < 4.78 is 0. The highest BCUT2D eigenvalue weighted by Crippen LogP contribution is 2.25. The fourth-order valence-electron chi connectivity index (χ4n) is 2.61. The molecule has 2 rings (SSSR count). The zero-order valence-electron chi connectivity index (χ0n) is 10.6. The van der Waals surface area contributed by atoms with Gasteiger partial charge in [-0.15, -0.1) is 6.58 Å². The van der Waals surface area contributed by atoms with Crippen molar-refractivity contribution < 1.29 is 0 Å². The molecule has 1 heterocycles. The van der Waals surface area contributed by atoms with Gasteiger partial charge in [-0.3, -0.25) is 4.90 Å². The van der Waals surface area contributed by atoms with Crippen molar-refractivity contribution in [2.45, 2.75) is 25.4 Å². The summed E-state index contributed by atoms with van der Waals surface area (Å²) in [6.07, 6.45) is 3.08. The summed E-state index contributed by atoms with van der Waals surface area (Å²) >= 11 is 0. The molecule has 0 aromatic heterocycles. The lowest BCUT2D eigenvalue weighted by atomic mass is 10.0. The smallest absolute Gasteiger partial charge is 0.0476 e. The Morgan fingerprint density at radius 3 is 2.94 bits per heavy atom. The number of rotatable bonds is 4. The molecular formula is C15H22N2. The number of piperazine rings is 1. The summed E-state index contributed by atoms with van der Waals surface area (Å²) in [5, 5.41) is 3.49. The molecule has 92 valence electrons. The number of hydrogen-bond donors (Lipinski definition) is 1. The van der Waals surface area contributed by atoms with Gasteiger partial charge in [0.1, 0.15) is 0 Å². The fourth-order valence-corrected chi connectivity index (χ4v) is 2.61. The van der Waals surface area contributed by atoms with Crippen LogP contribution in [0.25, 0.3) is 0 Å². The van der Waals surface area contributed by atoms with Gasteiger partial charge >= 0.3 is 0 Å². The van der Waals surface area contributed by atoms with Gasteiger partial charge in [-0.2, -0.15) is 0 Å². The van der Waals surface area contributed by atoms with Crippen LogP contribution >= 0.6 is 0 Å². The largest absolute Gasteiger partial charge is 0.314 e. The third-order valence-electron chi connectivity index (χ3n) is 3.54. The second kappa shape index (κ2) is 5.99. The first-order chi connectivity index (χ1) is 8.33. The summed E-state index contributed by atoms with van der Waals surface area (Å²) in [7, 11) is 0. The minimum absolute atomic E-state index is 0.500. The van der Waals surface area contributed by atoms with Gasteiger partial charge in [0.05, 0.1) is 0 Å². The van der Waals surface area contributed by atoms with Gasteiger partial charge in [-0.05, 0) is 18.9 Å². The summed E-state index contributed by atoms with van der Waals surface area (Å²) in [5.41, 5.74) is 1.41. The van der Waals surface area contributed by atoms with Crippen molar-refractivity contribution in [2.75, 3.05) is 19.6 Å². The van der Waals surface area contributed by atoms with Gasteiger partial charge in [-0.25, -0.2) is 0 Å². The SMILES string of the molecule is C=CCC(C)N1CCNCC1c1ccccc1. The van der Waals surface area contributed by atoms with Gasteiger partial charge in [0.25, 0.3) is 0 Å². The standard InChI is InChI=1S/C15H22N2/c1-3-7-13(2)17-11-10-16-12-15(17)14-8-5-4-6-9-14/h3-6,8-9,13,15-16H,1,7,10-12H2,2H3. The highest BCUT2D eigenvalue weighted by molar-refractivity contribution is 5.20. The monoisotopic (exact) mass is 230 g/mol. The van der Waals surface area contributed by atoms with E-state index in [1.807, 2.05) is 6.08 Å². The first kappa shape index (κ1) is 12.3. The quantitative estimate of drug-likeness (QED) is 0.800. The van der Waals surface area contributed by atoms with Gasteiger partial charge in [0, 0.05) is 31.7 Å². The average molecular weight is 230 g/mol. The lowest BCUT2D eigenvalue weighted by Crippen LogP contribution is -2.49. The lowest BCUT2D eigenvalue weighted by molar-refractivity contribution is 0.116. The molecule has 0 bridgehead atoms. The minimum Gasteiger partial charge on any atom is -0.314 e. The molecule has 1 fully saturated rings. The van der Waals surface area contributed by atoms with Crippen molar-refractivity contribution in [3.63, 3.8) is 0 Å². The number of hydrogen-bond acceptors (Lipinski definition) is 2. The van der Waals surface area contributed by atoms with Crippen molar-refractivity contribution in [2.24, 2.45) is 0 Å². The van der Waals surface area contributed by atoms with E-state index in [1.54, 1.807) is 0 Å². The first-order valence-electron chi connectivity index (χ1n) is 6.45. The molecule has 17 heavy (non-hydrogen) atoms. The van der Waals surface area contributed by atoms with E-state index in [-0.39, 0.29) is 0 Å². The third kappa shape index (κ3) is 2.96. The second-order valence-electron chi connectivity index (χ2n) is 4.74. The maximum Gasteiger partial charge on any atom is 0.0476 e. The second-order valence-corrected chi connectivity index (χ2v) is 4.74. The van der Waals surface area contributed by atoms with E-state index >= 15 is 0 Å². The number of benzene rings is 1. The minimum atomic E-state index is 0.500. The van der Waals surface area contributed by atoms with Gasteiger partial charge in [0.15, 0.2) is 0 Å². The van der Waals surface area contributed by atoms with Crippen LogP contribution in [-0.4, -0.2) is 30.6 Å². The summed E-state index contributed by atoms with van der Waals surface area (Å²) in [4.78, 5) is 2.59. The van der Waals surface area contributed by atoms with Crippen LogP contribution in [0.2, 0.25) is 0 Å². The zero-order chi connectivity index (χ0) is 12.1. The summed E-state index contributed by atoms with van der Waals surface area (Å²) in [5.74, 6) is 0. The van der Waals surface area contributed by atoms with E-state index in [0.29, 0.717) is 12.1 Å². The Kier molecular flexibility index (Phi) is 4.35. The third-order valence-corrected chi connectivity index (χ3v) is 3.54. The molecule has 2 nitrogen and oxygen atoms in total. The van der Waals surface area contributed by atoms with E-state index in [0.717, 1.165) is 26.1 Å². The van der Waals surface area contributed by atoms with Crippen LogP contribution in [0.4, 0.5) is 0 Å². The highest BCUT2D eigenvalue weighted by Gasteiger charge is 2.26. The maximum absolute atomic E-state index is 3.85. The Bertz CT molecular complexity index is 347. The summed E-state index contributed by atoms with van der Waals surface area (Å²) in [6, 6.07) is 11.9. The highest BCUT2D eigenvalue weighted by atomic mass is 15.2. The van der Waals surface area contributed by atoms with E-state index in [4.69, 9.17) is 0 Å². The molecule has 0 saturated carbocycles. The van der Waals surface area contributed by atoms with Gasteiger partial charge in [0.2, 0.25) is 0 Å². The van der Waals surface area contributed by atoms with Crippen LogP contribution in [0.3, 0.4) is 0 Å². The Hall–Kier alpha value is -1.12. The van der Waals surface area contributed by atoms with Crippen LogP contribution in [-0.2, 0) is 0 Å². The van der Waals surface area contributed by atoms with Crippen LogP contribution in [0.1, 0.15) is 24.9 Å². The molecule has 1 aliphatic heterocycles. The van der Waals surface area contributed by atoms with Crippen molar-refractivity contribution in [3.8, 4) is 0 Å². The molecule has 0 amide bonds. The molecule has 2 atom stereocenters. The topological polar surface area (TPSA) is 15.3 Å². The van der Waals surface area contributed by atoms with Crippen LogP contribution < -0.4 is 5.32 Å². The molecule has 0 aliphatic carbocycles. The molecule has 0 radical (unpaired) electrons. The fraction of sp³-hybridized carbons (Fsp3) is 0.467. The van der Waals surface area contributed by atoms with E-state index in [2.05, 4.69) is 54.1 Å². The predicted molar refractivity (Wildman–Crippen MR) is 73.0 cm³/mol. The predicted octanol–water partition coefficient (Wildman–Crippen LogP) is 2.60. The Balaban J connectivity index is 2.14. The first-order valence-corrected chi connectivity index (χ1v) is 6.45. The number of nitrogens with one attached hydrogen (secondary N) is 1. The maximum atomic E-state index is 3.85. The van der Waals surface area contributed by atoms with Gasteiger partial charge in [-0.1, -0.05) is 36.4 Å². The summed E-state index contributed by atoms with van der Waals surface area (Å²) in [6.45, 7) is 9.40. The Morgan fingerprint density at radius 1 is 1.47 bits per heavy atom. The Morgan fingerprint density at radius 2 is 2.24 bits per heavy atom. The molecule has 2 unspecified atom stereocenters. The molecule has 0 spiro atoms. The van der Waals surface area contributed by atoms with Crippen molar-refractivity contribution >= 4 is 0 Å². The molecule has 1 N–H and O–H groups in total. The lowest BCUT2D eigenvalue weighted by Gasteiger charge is -2.40. The molecule has 1 saturated heterocycles. The van der Waals surface area contributed by atoms with Crippen LogP contribution in [0, 0.1) is 0 Å². The molecule has 1 aliphatic rings. The van der Waals surface area contributed by atoms with Crippen molar-refractivity contribution in [1.29, 1.82) is 0 Å². The van der Waals surface area contributed by atoms with Crippen molar-refractivity contribution in [3.05, 3.63) is 48.6 Å². The van der Waals surface area contributed by atoms with Crippen LogP contribution in [0.5, 0.6) is 0 Å². The van der Waals surface area contributed by atoms with Crippen LogP contribution in [0.15, 0.2) is 43.0 Å². The van der Waals surface area contributed by atoms with E-state index in [9.17, 15) is 0 Å². The average Bonchev–Trinajstić information content (AvgIpc) is 2.40. The number of nitrogens with zero attached hydrogens (tertiary/aromatic N) is 1. The van der Waals surface area contributed by atoms with E-state index in [1.165, 1.54) is 5.56 Å². The van der Waals surface area contributed by atoms with Crippen molar-refractivity contribution in [1.82, 2.24) is 10.2 Å². The molecule has 2 heteroatoms. The zero-order valence-corrected chi connectivity index (χ0v) is 10.6. The normalized spacial score (nSPS) is 23.2. The molecule has 1 aromatic carbocycles.